The second-order valence-corrected chi connectivity index (χ2v) is 11.1. The smallest absolute Gasteiger partial charge is 0.317 e. The largest absolute Gasteiger partial charge is 0.462 e. The zero-order valence-corrected chi connectivity index (χ0v) is 19.1. The molecule has 8 heteroatoms. The molecule has 2 heterocycles. The van der Waals surface area contributed by atoms with E-state index >= 15 is 0 Å². The minimum Gasteiger partial charge on any atom is -0.462 e. The van der Waals surface area contributed by atoms with Crippen LogP contribution in [-0.4, -0.2) is 66.8 Å². The van der Waals surface area contributed by atoms with E-state index in [1.54, 1.807) is 0 Å². The fraction of sp³-hybridized carbons (Fsp3) is 0.917. The van der Waals surface area contributed by atoms with Crippen LogP contribution in [0.4, 0.5) is 0 Å². The van der Waals surface area contributed by atoms with Gasteiger partial charge in [0.1, 0.15) is 18.6 Å². The van der Waals surface area contributed by atoms with Crippen molar-refractivity contribution in [3.05, 3.63) is 0 Å². The number of hydrogen-bond donors (Lipinski definition) is 2. The lowest BCUT2D eigenvalue weighted by atomic mass is 9.80. The quantitative estimate of drug-likeness (QED) is 0.435. The highest BCUT2D eigenvalue weighted by molar-refractivity contribution is 5.91. The highest BCUT2D eigenvalue weighted by Gasteiger charge is 2.47. The topological polar surface area (TPSA) is 99.5 Å². The summed E-state index contributed by atoms with van der Waals surface area (Å²) >= 11 is 0. The molecule has 0 amide bonds. The Morgan fingerprint density at radius 2 is 0.875 bits per heavy atom. The predicted octanol–water partition coefficient (Wildman–Crippen LogP) is 5.19. The maximum absolute atomic E-state index is 12.3. The van der Waals surface area contributed by atoms with Gasteiger partial charge in [0.2, 0.25) is 0 Å². The van der Waals surface area contributed by atoms with Gasteiger partial charge in [0.05, 0.1) is 0 Å². The fourth-order valence-corrected chi connectivity index (χ4v) is 5.10. The van der Waals surface area contributed by atoms with E-state index in [-0.39, 0.29) is 34.5 Å². The van der Waals surface area contributed by atoms with Crippen LogP contribution in [0.1, 0.15) is 110 Å². The molecule has 2 aliphatic rings. The van der Waals surface area contributed by atoms with E-state index in [0.29, 0.717) is 25.7 Å². The van der Waals surface area contributed by atoms with Gasteiger partial charge < -0.3 is 19.9 Å². The van der Waals surface area contributed by atoms with Crippen LogP contribution in [0.15, 0.2) is 0 Å². The molecule has 32 heavy (non-hydrogen) atoms. The Kier molecular flexibility index (Phi) is 11.1. The summed E-state index contributed by atoms with van der Waals surface area (Å²) in [7, 11) is 0. The van der Waals surface area contributed by atoms with E-state index in [1.165, 1.54) is 10.1 Å². The van der Waals surface area contributed by atoms with Crippen LogP contribution in [0.3, 0.4) is 0 Å². The number of ether oxygens (including phenoxy) is 2. The Hall–Kier alpha value is -1.22. The summed E-state index contributed by atoms with van der Waals surface area (Å²) in [6.45, 7) is 15.1. The normalized spacial score (nSPS) is 24.8. The standard InChI is InChI=1S/C21H38N2O6.3CH4/c1-18(2)10-14(11-19(3,4)22(18)26)28-16(24)9-17(25)29-15-12-20(5,6)23(27)21(7,8)13-15;;;/h14-15,26-27H,9-13H2,1-8H3;3*1H4. The third kappa shape index (κ3) is 7.40. The van der Waals surface area contributed by atoms with Gasteiger partial charge in [-0.3, -0.25) is 9.59 Å². The lowest BCUT2D eigenvalue weighted by Gasteiger charge is -2.51. The summed E-state index contributed by atoms with van der Waals surface area (Å²) < 4.78 is 11.1. The van der Waals surface area contributed by atoms with E-state index in [1.807, 2.05) is 55.4 Å². The zero-order valence-electron chi connectivity index (χ0n) is 19.1. The molecule has 2 saturated heterocycles. The Morgan fingerprint density at radius 1 is 0.656 bits per heavy atom. The van der Waals surface area contributed by atoms with Crippen LogP contribution in [-0.2, 0) is 19.1 Å². The molecule has 2 fully saturated rings. The van der Waals surface area contributed by atoms with Gasteiger partial charge in [0.25, 0.3) is 0 Å². The van der Waals surface area contributed by atoms with E-state index < -0.39 is 40.5 Å². The second kappa shape index (κ2) is 10.8. The number of carbonyl (C=O) groups excluding carboxylic acids is 2. The SMILES string of the molecule is C.C.C.CC1(C)CC(OC(=O)CC(=O)OC2CC(C)(C)N(O)C(C)(C)C2)CC(C)(C)N1O. The summed E-state index contributed by atoms with van der Waals surface area (Å²) in [6.07, 6.45) is 0.713. The summed E-state index contributed by atoms with van der Waals surface area (Å²) in [5.74, 6) is -1.23. The molecule has 8 nitrogen and oxygen atoms in total. The van der Waals surface area contributed by atoms with Crippen molar-refractivity contribution in [1.82, 2.24) is 10.1 Å². The second-order valence-electron chi connectivity index (χ2n) is 11.1. The van der Waals surface area contributed by atoms with Gasteiger partial charge >= 0.3 is 11.9 Å². The van der Waals surface area contributed by atoms with Gasteiger partial charge in [-0.15, -0.1) is 0 Å². The first-order valence-electron chi connectivity index (χ1n) is 10.3. The average molecular weight is 463 g/mol. The van der Waals surface area contributed by atoms with Crippen LogP contribution in [0.5, 0.6) is 0 Å². The van der Waals surface area contributed by atoms with Crippen molar-refractivity contribution in [3.8, 4) is 0 Å². The molecule has 0 unspecified atom stereocenters. The van der Waals surface area contributed by atoms with Gasteiger partial charge in [0, 0.05) is 47.8 Å². The molecular formula is C24H50N2O6. The van der Waals surface area contributed by atoms with Crippen molar-refractivity contribution < 1.29 is 29.5 Å². The molecule has 2 rings (SSSR count). The average Bonchev–Trinajstić information content (AvgIpc) is 2.48. The highest BCUT2D eigenvalue weighted by atomic mass is 16.6. The van der Waals surface area contributed by atoms with Crippen LogP contribution >= 0.6 is 0 Å². The molecular weight excluding hydrogens is 412 g/mol. The van der Waals surface area contributed by atoms with Gasteiger partial charge in [-0.25, -0.2) is 0 Å². The molecule has 192 valence electrons. The first kappa shape index (κ1) is 33.0. The number of hydroxylamine groups is 4. The monoisotopic (exact) mass is 462 g/mol. The van der Waals surface area contributed by atoms with Gasteiger partial charge in [-0.2, -0.15) is 10.1 Å². The molecule has 2 N–H and O–H groups in total. The van der Waals surface area contributed by atoms with Crippen molar-refractivity contribution in [3.63, 3.8) is 0 Å². The molecule has 0 aromatic carbocycles. The number of piperidine rings is 2. The molecule has 0 aromatic rings. The van der Waals surface area contributed by atoms with Crippen LogP contribution < -0.4 is 0 Å². The Morgan fingerprint density at radius 3 is 1.09 bits per heavy atom. The Labute approximate surface area is 196 Å². The molecule has 0 saturated carbocycles. The van der Waals surface area contributed by atoms with Crippen molar-refractivity contribution in [2.24, 2.45) is 0 Å². The van der Waals surface area contributed by atoms with E-state index in [2.05, 4.69) is 0 Å². The molecule has 0 bridgehead atoms. The lowest BCUT2D eigenvalue weighted by molar-refractivity contribution is -0.260. The summed E-state index contributed by atoms with van der Waals surface area (Å²) in [5.41, 5.74) is -2.16. The number of carbonyl (C=O) groups is 2. The molecule has 2 aliphatic heterocycles. The van der Waals surface area contributed by atoms with E-state index in [4.69, 9.17) is 9.47 Å². The van der Waals surface area contributed by atoms with Crippen molar-refractivity contribution >= 4 is 11.9 Å². The highest BCUT2D eigenvalue weighted by Crippen LogP contribution is 2.39. The first-order chi connectivity index (χ1) is 13.0. The minimum atomic E-state index is -0.615. The predicted molar refractivity (Wildman–Crippen MR) is 127 cm³/mol. The lowest BCUT2D eigenvalue weighted by Crippen LogP contribution is -2.61. The molecule has 0 atom stereocenters. The zero-order chi connectivity index (χ0) is 22.4. The van der Waals surface area contributed by atoms with Gasteiger partial charge in [0.15, 0.2) is 0 Å². The number of nitrogens with zero attached hydrogens (tertiary/aromatic N) is 2. The number of esters is 2. The van der Waals surface area contributed by atoms with Gasteiger partial charge in [-0.05, 0) is 55.4 Å². The third-order valence-corrected chi connectivity index (χ3v) is 6.09. The molecule has 0 radical (unpaired) electrons. The minimum absolute atomic E-state index is 0. The molecule has 0 aliphatic carbocycles. The molecule has 0 spiro atoms. The number of hydrogen-bond acceptors (Lipinski definition) is 8. The van der Waals surface area contributed by atoms with Crippen LogP contribution in [0.25, 0.3) is 0 Å². The summed E-state index contributed by atoms with van der Waals surface area (Å²) in [4.78, 5) is 24.7. The van der Waals surface area contributed by atoms with Crippen LogP contribution in [0, 0.1) is 0 Å². The van der Waals surface area contributed by atoms with Crippen molar-refractivity contribution in [2.45, 2.75) is 144 Å². The van der Waals surface area contributed by atoms with Gasteiger partial charge in [-0.1, -0.05) is 22.3 Å². The number of rotatable bonds is 4. The molecule has 0 aromatic heterocycles. The Balaban J connectivity index is 0. The van der Waals surface area contributed by atoms with Crippen molar-refractivity contribution in [1.29, 1.82) is 0 Å². The first-order valence-corrected chi connectivity index (χ1v) is 10.3. The fourth-order valence-electron chi connectivity index (χ4n) is 5.10. The van der Waals surface area contributed by atoms with Crippen molar-refractivity contribution in [2.75, 3.05) is 0 Å². The third-order valence-electron chi connectivity index (χ3n) is 6.09. The van der Waals surface area contributed by atoms with E-state index in [0.717, 1.165) is 0 Å². The van der Waals surface area contributed by atoms with E-state index in [9.17, 15) is 20.0 Å². The van der Waals surface area contributed by atoms with Crippen LogP contribution in [0.2, 0.25) is 0 Å². The maximum Gasteiger partial charge on any atom is 0.317 e. The summed E-state index contributed by atoms with van der Waals surface area (Å²) in [5, 5.41) is 23.3. The Bertz CT molecular complexity index is 554. The summed E-state index contributed by atoms with van der Waals surface area (Å²) in [6, 6.07) is 0. The maximum atomic E-state index is 12.3.